The fourth-order valence-electron chi connectivity index (χ4n) is 2.12. The molecule has 0 bridgehead atoms. The Balaban J connectivity index is 2.67. The minimum Gasteiger partial charge on any atom is -0.463 e. The molecule has 106 valence electrons. The number of carbonyl (C=O) groups is 2. The summed E-state index contributed by atoms with van der Waals surface area (Å²) < 4.78 is 4.54. The lowest BCUT2D eigenvalue weighted by molar-refractivity contribution is -0.135. The Hall–Kier alpha value is -2.37. The standard InChI is InChI=1S/C14H17N3O3/c1-4-16(5-2)17-12(13(18)14(19)20-3)10-8-6-7-9-11(10)15-17/h6-9H,4-5H2,1-3H3. The van der Waals surface area contributed by atoms with Crippen molar-refractivity contribution >= 4 is 22.7 Å². The first-order valence-corrected chi connectivity index (χ1v) is 6.49. The molecule has 0 N–H and O–H groups in total. The van der Waals surface area contributed by atoms with Crippen molar-refractivity contribution in [3.63, 3.8) is 0 Å². The Morgan fingerprint density at radius 1 is 1.25 bits per heavy atom. The fraction of sp³-hybridized carbons (Fsp3) is 0.357. The first kappa shape index (κ1) is 14.0. The van der Waals surface area contributed by atoms with Gasteiger partial charge in [-0.25, -0.2) is 4.79 Å². The minimum absolute atomic E-state index is 0.246. The zero-order chi connectivity index (χ0) is 14.7. The molecule has 0 fully saturated rings. The third-order valence-electron chi connectivity index (χ3n) is 3.15. The molecule has 0 unspecified atom stereocenters. The van der Waals surface area contributed by atoms with Crippen LogP contribution in [0.2, 0.25) is 0 Å². The molecule has 1 heterocycles. The van der Waals surface area contributed by atoms with Crippen LogP contribution in [0, 0.1) is 0 Å². The van der Waals surface area contributed by atoms with Crippen molar-refractivity contribution in [2.24, 2.45) is 0 Å². The molecular formula is C14H17N3O3. The summed E-state index contributed by atoms with van der Waals surface area (Å²) in [5.41, 5.74) is 0.919. The highest BCUT2D eigenvalue weighted by molar-refractivity contribution is 6.42. The zero-order valence-corrected chi connectivity index (χ0v) is 11.8. The quantitative estimate of drug-likeness (QED) is 0.468. The second kappa shape index (κ2) is 5.73. The van der Waals surface area contributed by atoms with Crippen LogP contribution in [-0.2, 0) is 9.53 Å². The Labute approximate surface area is 116 Å². The molecule has 0 radical (unpaired) electrons. The third-order valence-corrected chi connectivity index (χ3v) is 3.15. The average molecular weight is 275 g/mol. The number of benzene rings is 1. The van der Waals surface area contributed by atoms with Gasteiger partial charge in [-0.3, -0.25) is 9.80 Å². The van der Waals surface area contributed by atoms with Gasteiger partial charge >= 0.3 is 5.97 Å². The summed E-state index contributed by atoms with van der Waals surface area (Å²) in [6, 6.07) is 7.24. The third kappa shape index (κ3) is 2.24. The molecule has 20 heavy (non-hydrogen) atoms. The van der Waals surface area contributed by atoms with E-state index in [0.717, 1.165) is 0 Å². The van der Waals surface area contributed by atoms with Gasteiger partial charge in [0.05, 0.1) is 12.6 Å². The number of esters is 1. The first-order chi connectivity index (χ1) is 9.63. The number of aromatic nitrogens is 2. The molecule has 0 saturated carbocycles. The number of hydrogen-bond donors (Lipinski definition) is 0. The highest BCUT2D eigenvalue weighted by Crippen LogP contribution is 2.19. The normalized spacial score (nSPS) is 10.6. The highest BCUT2D eigenvalue weighted by atomic mass is 16.5. The molecule has 6 nitrogen and oxygen atoms in total. The molecule has 0 aliphatic carbocycles. The molecule has 2 rings (SSSR count). The second-order valence-electron chi connectivity index (χ2n) is 4.21. The van der Waals surface area contributed by atoms with Crippen LogP contribution >= 0.6 is 0 Å². The lowest BCUT2D eigenvalue weighted by Gasteiger charge is -2.22. The van der Waals surface area contributed by atoms with E-state index in [0.29, 0.717) is 24.0 Å². The van der Waals surface area contributed by atoms with Crippen LogP contribution in [-0.4, -0.2) is 41.8 Å². The molecule has 0 saturated heterocycles. The summed E-state index contributed by atoms with van der Waals surface area (Å²) in [6.07, 6.45) is 0. The Kier molecular flexibility index (Phi) is 4.02. The van der Waals surface area contributed by atoms with Crippen LogP contribution in [0.4, 0.5) is 0 Å². The predicted molar refractivity (Wildman–Crippen MR) is 75.4 cm³/mol. The van der Waals surface area contributed by atoms with Gasteiger partial charge in [-0.05, 0) is 19.9 Å². The first-order valence-electron chi connectivity index (χ1n) is 6.49. The van der Waals surface area contributed by atoms with E-state index in [9.17, 15) is 9.59 Å². The van der Waals surface area contributed by atoms with E-state index in [-0.39, 0.29) is 5.69 Å². The van der Waals surface area contributed by atoms with E-state index < -0.39 is 11.8 Å². The maximum atomic E-state index is 12.2. The van der Waals surface area contributed by atoms with Crippen molar-refractivity contribution in [1.29, 1.82) is 0 Å². The summed E-state index contributed by atoms with van der Waals surface area (Å²) >= 11 is 0. The maximum absolute atomic E-state index is 12.2. The molecule has 0 atom stereocenters. The van der Waals surface area contributed by atoms with Gasteiger partial charge in [-0.2, -0.15) is 9.89 Å². The lowest BCUT2D eigenvalue weighted by Crippen LogP contribution is -2.38. The number of Topliss-reactive ketones (excluding diaryl/α,β-unsaturated/α-hetero) is 1. The van der Waals surface area contributed by atoms with Gasteiger partial charge in [0.2, 0.25) is 0 Å². The monoisotopic (exact) mass is 275 g/mol. The second-order valence-corrected chi connectivity index (χ2v) is 4.21. The van der Waals surface area contributed by atoms with Crippen molar-refractivity contribution < 1.29 is 14.3 Å². The van der Waals surface area contributed by atoms with Gasteiger partial charge in [0.1, 0.15) is 5.69 Å². The highest BCUT2D eigenvalue weighted by Gasteiger charge is 2.26. The Morgan fingerprint density at radius 2 is 1.90 bits per heavy atom. The summed E-state index contributed by atoms with van der Waals surface area (Å²) in [7, 11) is 1.19. The minimum atomic E-state index is -0.885. The average Bonchev–Trinajstić information content (AvgIpc) is 2.86. The van der Waals surface area contributed by atoms with Crippen LogP contribution in [0.25, 0.3) is 10.9 Å². The molecule has 2 aromatic rings. The zero-order valence-electron chi connectivity index (χ0n) is 11.8. The molecule has 1 aromatic heterocycles. The summed E-state index contributed by atoms with van der Waals surface area (Å²) in [4.78, 5) is 25.3. The number of methoxy groups -OCH3 is 1. The van der Waals surface area contributed by atoms with E-state index in [2.05, 4.69) is 9.84 Å². The summed E-state index contributed by atoms with van der Waals surface area (Å²) in [5.74, 6) is -1.57. The molecule has 0 aliphatic rings. The molecule has 0 spiro atoms. The topological polar surface area (TPSA) is 64.4 Å². The number of fused-ring (bicyclic) bond motifs is 1. The van der Waals surface area contributed by atoms with Gasteiger partial charge in [0.15, 0.2) is 0 Å². The number of ether oxygens (including phenoxy) is 1. The van der Waals surface area contributed by atoms with Crippen molar-refractivity contribution in [2.45, 2.75) is 13.8 Å². The molecule has 0 amide bonds. The van der Waals surface area contributed by atoms with Crippen LogP contribution in [0.15, 0.2) is 24.3 Å². The van der Waals surface area contributed by atoms with Crippen molar-refractivity contribution in [3.8, 4) is 0 Å². The Morgan fingerprint density at radius 3 is 2.50 bits per heavy atom. The number of hydrogen-bond acceptors (Lipinski definition) is 5. The number of nitrogens with zero attached hydrogens (tertiary/aromatic N) is 3. The Bertz CT molecular complexity index is 644. The smallest absolute Gasteiger partial charge is 0.381 e. The van der Waals surface area contributed by atoms with Gasteiger partial charge < -0.3 is 4.74 Å². The predicted octanol–water partition coefficient (Wildman–Crippen LogP) is 1.37. The molecule has 6 heteroatoms. The summed E-state index contributed by atoms with van der Waals surface area (Å²) in [6.45, 7) is 5.27. The van der Waals surface area contributed by atoms with Gasteiger partial charge in [-0.15, -0.1) is 0 Å². The van der Waals surface area contributed by atoms with E-state index in [1.165, 1.54) is 11.9 Å². The van der Waals surface area contributed by atoms with Crippen LogP contribution in [0.3, 0.4) is 0 Å². The van der Waals surface area contributed by atoms with Crippen LogP contribution < -0.4 is 5.01 Å². The lowest BCUT2D eigenvalue weighted by atomic mass is 10.1. The van der Waals surface area contributed by atoms with Gasteiger partial charge in [-0.1, -0.05) is 18.2 Å². The van der Waals surface area contributed by atoms with Gasteiger partial charge in [0, 0.05) is 18.5 Å². The molecule has 0 aliphatic heterocycles. The van der Waals surface area contributed by atoms with Crippen molar-refractivity contribution in [2.75, 3.05) is 25.2 Å². The van der Waals surface area contributed by atoms with E-state index >= 15 is 0 Å². The maximum Gasteiger partial charge on any atom is 0.381 e. The van der Waals surface area contributed by atoms with E-state index in [4.69, 9.17) is 0 Å². The number of carbonyl (C=O) groups excluding carboxylic acids is 2. The van der Waals surface area contributed by atoms with E-state index in [1.54, 1.807) is 6.07 Å². The van der Waals surface area contributed by atoms with Gasteiger partial charge in [0.25, 0.3) is 5.78 Å². The fourth-order valence-corrected chi connectivity index (χ4v) is 2.12. The van der Waals surface area contributed by atoms with Crippen LogP contribution in [0.1, 0.15) is 24.3 Å². The van der Waals surface area contributed by atoms with Crippen LogP contribution in [0.5, 0.6) is 0 Å². The SMILES string of the molecule is CCN(CC)n1nc2ccccc2c1C(=O)C(=O)OC. The largest absolute Gasteiger partial charge is 0.463 e. The molecule has 1 aromatic carbocycles. The van der Waals surface area contributed by atoms with E-state index in [1.807, 2.05) is 37.1 Å². The van der Waals surface area contributed by atoms with Crippen molar-refractivity contribution in [3.05, 3.63) is 30.0 Å². The van der Waals surface area contributed by atoms with Crippen molar-refractivity contribution in [1.82, 2.24) is 9.89 Å². The molecular weight excluding hydrogens is 258 g/mol. The summed E-state index contributed by atoms with van der Waals surface area (Å²) in [5, 5.41) is 6.93. The number of rotatable bonds is 5. The number of ketones is 1.